The Balaban J connectivity index is 1.74. The van der Waals surface area contributed by atoms with E-state index in [1.165, 1.54) is 28.8 Å². The Morgan fingerprint density at radius 1 is 1.29 bits per heavy atom. The number of fused-ring (bicyclic) bond motifs is 3. The van der Waals surface area contributed by atoms with Crippen molar-refractivity contribution in [2.24, 2.45) is 0 Å². The first-order chi connectivity index (χ1) is 13.7. The molecular weight excluding hydrogens is 345 g/mol. The lowest BCUT2D eigenvalue weighted by atomic mass is 9.69. The Morgan fingerprint density at radius 3 is 2.93 bits per heavy atom. The molecule has 4 heterocycles. The van der Waals surface area contributed by atoms with Gasteiger partial charge in [-0.05, 0) is 48.8 Å². The van der Waals surface area contributed by atoms with Gasteiger partial charge in [-0.1, -0.05) is 43.8 Å². The summed E-state index contributed by atoms with van der Waals surface area (Å²) >= 11 is 0. The first kappa shape index (κ1) is 17.3. The number of anilines is 2. The maximum atomic E-state index is 12.1. The molecule has 0 aliphatic carbocycles. The van der Waals surface area contributed by atoms with E-state index in [0.29, 0.717) is 5.82 Å². The molecule has 1 atom stereocenters. The zero-order valence-corrected chi connectivity index (χ0v) is 16.4. The topological polar surface area (TPSA) is 49.0 Å². The van der Waals surface area contributed by atoms with Gasteiger partial charge in [-0.15, -0.1) is 0 Å². The number of hydrogen-bond acceptors (Lipinski definition) is 3. The number of nitrogens with zero attached hydrogens (tertiary/aromatic N) is 2. The number of nitrogens with one attached hydrogen (secondary N) is 1. The predicted molar refractivity (Wildman–Crippen MR) is 117 cm³/mol. The number of rotatable bonds is 3. The van der Waals surface area contributed by atoms with Crippen LogP contribution in [0.1, 0.15) is 36.7 Å². The summed E-state index contributed by atoms with van der Waals surface area (Å²) in [6.45, 7) is 5.27. The van der Waals surface area contributed by atoms with Gasteiger partial charge in [0.1, 0.15) is 6.71 Å². The molecule has 5 heteroatoms. The van der Waals surface area contributed by atoms with Crippen LogP contribution in [-0.4, -0.2) is 16.7 Å². The van der Waals surface area contributed by atoms with E-state index in [4.69, 9.17) is 0 Å². The highest BCUT2D eigenvalue weighted by molar-refractivity contribution is 6.70. The van der Waals surface area contributed by atoms with Gasteiger partial charge in [0.15, 0.2) is 0 Å². The molecule has 28 heavy (non-hydrogen) atoms. The zero-order valence-electron chi connectivity index (χ0n) is 16.4. The summed E-state index contributed by atoms with van der Waals surface area (Å²) in [7, 11) is 0. The molecule has 4 nitrogen and oxygen atoms in total. The van der Waals surface area contributed by atoms with Crippen LogP contribution < -0.4 is 10.5 Å². The zero-order chi connectivity index (χ0) is 19.3. The van der Waals surface area contributed by atoms with Crippen molar-refractivity contribution in [2.45, 2.75) is 45.1 Å². The van der Waals surface area contributed by atoms with Crippen molar-refractivity contribution in [3.05, 3.63) is 75.8 Å². The van der Waals surface area contributed by atoms with E-state index >= 15 is 0 Å². The van der Waals surface area contributed by atoms with Crippen molar-refractivity contribution < 1.29 is 0 Å². The van der Waals surface area contributed by atoms with Crippen LogP contribution in [0.15, 0.2) is 59.2 Å². The lowest BCUT2D eigenvalue weighted by Crippen LogP contribution is -2.24. The third-order valence-electron chi connectivity index (χ3n) is 6.06. The largest absolute Gasteiger partial charge is 0.319 e. The first-order valence-corrected chi connectivity index (χ1v) is 10.3. The molecular formula is C23H24BN3O. The number of aryl methyl sites for hydroxylation is 1. The molecule has 1 N–H and O–H groups in total. The summed E-state index contributed by atoms with van der Waals surface area (Å²) in [4.78, 5) is 22.1. The van der Waals surface area contributed by atoms with Crippen molar-refractivity contribution in [1.82, 2.24) is 9.97 Å². The van der Waals surface area contributed by atoms with Crippen LogP contribution in [0.25, 0.3) is 11.0 Å². The molecule has 0 spiro atoms. The van der Waals surface area contributed by atoms with Crippen molar-refractivity contribution in [3.8, 4) is 0 Å². The Bertz CT molecular complexity index is 1150. The first-order valence-electron chi connectivity index (χ1n) is 10.3. The molecule has 1 fully saturated rings. The van der Waals surface area contributed by atoms with Crippen LogP contribution in [0.2, 0.25) is 13.1 Å². The monoisotopic (exact) mass is 369 g/mol. The van der Waals surface area contributed by atoms with E-state index in [9.17, 15) is 4.79 Å². The Hall–Kier alpha value is -2.82. The number of aromatic nitrogens is 2. The molecule has 0 bridgehead atoms. The minimum atomic E-state index is -0.0881. The van der Waals surface area contributed by atoms with E-state index in [1.54, 1.807) is 6.07 Å². The fourth-order valence-corrected chi connectivity index (χ4v) is 4.49. The van der Waals surface area contributed by atoms with Gasteiger partial charge in [0.05, 0.1) is 16.7 Å². The fourth-order valence-electron chi connectivity index (χ4n) is 4.49. The highest BCUT2D eigenvalue weighted by atomic mass is 16.1. The van der Waals surface area contributed by atoms with E-state index in [2.05, 4.69) is 59.0 Å². The second-order valence-electron chi connectivity index (χ2n) is 8.07. The molecule has 2 aromatic heterocycles. The van der Waals surface area contributed by atoms with Crippen LogP contribution in [0.5, 0.6) is 0 Å². The van der Waals surface area contributed by atoms with E-state index < -0.39 is 0 Å². The minimum absolute atomic E-state index is 0.0881. The molecule has 0 saturated carbocycles. The van der Waals surface area contributed by atoms with Gasteiger partial charge in [0, 0.05) is 23.6 Å². The number of pyridine rings is 2. The van der Waals surface area contributed by atoms with Crippen LogP contribution in [-0.2, 0) is 6.42 Å². The van der Waals surface area contributed by atoms with E-state index in [1.807, 2.05) is 12.3 Å². The quantitative estimate of drug-likeness (QED) is 0.657. The van der Waals surface area contributed by atoms with Crippen LogP contribution in [0, 0.1) is 0 Å². The van der Waals surface area contributed by atoms with Gasteiger partial charge in [0.25, 0.3) is 0 Å². The van der Waals surface area contributed by atoms with Crippen LogP contribution in [0.3, 0.4) is 0 Å². The predicted octanol–water partition coefficient (Wildman–Crippen LogP) is 5.06. The average molecular weight is 369 g/mol. The van der Waals surface area contributed by atoms with E-state index in [0.717, 1.165) is 42.7 Å². The van der Waals surface area contributed by atoms with Crippen molar-refractivity contribution in [3.63, 3.8) is 0 Å². The Morgan fingerprint density at radius 2 is 2.14 bits per heavy atom. The molecule has 1 saturated heterocycles. The molecule has 5 rings (SSSR count). The van der Waals surface area contributed by atoms with Crippen LogP contribution >= 0.6 is 0 Å². The summed E-state index contributed by atoms with van der Waals surface area (Å²) in [6.07, 6.45) is 8.46. The number of aromatic amines is 1. The molecule has 1 aromatic carbocycles. The van der Waals surface area contributed by atoms with Gasteiger partial charge in [0.2, 0.25) is 5.56 Å². The molecule has 1 unspecified atom stereocenters. The third-order valence-corrected chi connectivity index (χ3v) is 6.06. The lowest BCUT2D eigenvalue weighted by Gasteiger charge is -2.34. The number of benzene rings is 1. The molecule has 140 valence electrons. The lowest BCUT2D eigenvalue weighted by molar-refractivity contribution is 0.847. The second kappa shape index (κ2) is 6.66. The SMILES string of the molecule is CC/C=C1/CCc2cnc3ccc(=O)[nH]c3c2N1c1cccc(C2CB2C)c1. The van der Waals surface area contributed by atoms with Crippen LogP contribution in [0.4, 0.5) is 11.4 Å². The smallest absolute Gasteiger partial charge is 0.248 e. The summed E-state index contributed by atoms with van der Waals surface area (Å²) in [5, 5.41) is 0. The number of hydrogen-bond donors (Lipinski definition) is 1. The fraction of sp³-hybridized carbons (Fsp3) is 0.304. The number of H-pyrrole nitrogens is 1. The second-order valence-corrected chi connectivity index (χ2v) is 8.07. The maximum absolute atomic E-state index is 12.1. The van der Waals surface area contributed by atoms with Crippen molar-refractivity contribution >= 4 is 29.1 Å². The Kier molecular flexibility index (Phi) is 4.11. The molecule has 0 radical (unpaired) electrons. The summed E-state index contributed by atoms with van der Waals surface area (Å²) in [5.74, 6) is 0.678. The third kappa shape index (κ3) is 2.86. The average Bonchev–Trinajstić information content (AvgIpc) is 3.44. The van der Waals surface area contributed by atoms with Crippen molar-refractivity contribution in [1.29, 1.82) is 0 Å². The Labute approximate surface area is 165 Å². The van der Waals surface area contributed by atoms with Gasteiger partial charge in [-0.25, -0.2) is 0 Å². The standard InChI is InChI=1S/C23H24BN3O/c1-3-5-17-9-8-16-14-25-20-10-11-21(28)26-22(20)23(16)27(17)18-7-4-6-15(12-18)19-13-24(19)2/h4-7,10-12,14,19H,3,8-9,13H2,1-2H3,(H,26,28)/b17-5-. The molecule has 3 aromatic rings. The van der Waals surface area contributed by atoms with Gasteiger partial charge >= 0.3 is 0 Å². The highest BCUT2D eigenvalue weighted by Crippen LogP contribution is 2.45. The summed E-state index contributed by atoms with van der Waals surface area (Å²) in [5.41, 5.74) is 7.73. The summed E-state index contributed by atoms with van der Waals surface area (Å²) in [6, 6.07) is 12.3. The molecule has 0 amide bonds. The van der Waals surface area contributed by atoms with Crippen molar-refractivity contribution in [2.75, 3.05) is 4.90 Å². The minimum Gasteiger partial charge on any atom is -0.319 e. The number of allylic oxidation sites excluding steroid dienone is 2. The molecule has 2 aliphatic rings. The summed E-state index contributed by atoms with van der Waals surface area (Å²) < 4.78 is 0. The highest BCUT2D eigenvalue weighted by Gasteiger charge is 2.37. The maximum Gasteiger partial charge on any atom is 0.248 e. The van der Waals surface area contributed by atoms with Gasteiger partial charge in [-0.2, -0.15) is 0 Å². The van der Waals surface area contributed by atoms with Gasteiger partial charge in [-0.3, -0.25) is 9.78 Å². The molecule has 2 aliphatic heterocycles. The van der Waals surface area contributed by atoms with E-state index in [-0.39, 0.29) is 5.56 Å². The van der Waals surface area contributed by atoms with Gasteiger partial charge < -0.3 is 9.88 Å². The normalized spacial score (nSPS) is 19.9.